The number of likely N-dealkylation sites (tertiary alicyclic amines) is 1. The summed E-state index contributed by atoms with van der Waals surface area (Å²) in [6.07, 6.45) is 0.906. The second-order valence-electron chi connectivity index (χ2n) is 5.44. The first-order chi connectivity index (χ1) is 10.4. The van der Waals surface area contributed by atoms with Crippen molar-refractivity contribution < 1.29 is 19.1 Å². The number of nitrogens with zero attached hydrogens (tertiary/aromatic N) is 1. The molecule has 1 aromatic carbocycles. The van der Waals surface area contributed by atoms with Crippen molar-refractivity contribution in [2.75, 3.05) is 13.1 Å². The van der Waals surface area contributed by atoms with E-state index >= 15 is 0 Å². The number of halogens is 2. The number of carboxylic acids is 1. The average Bonchev–Trinajstić information content (AvgIpc) is 2.47. The van der Waals surface area contributed by atoms with Crippen LogP contribution in [-0.2, 0) is 4.79 Å². The molecule has 0 spiro atoms. The van der Waals surface area contributed by atoms with Crippen molar-refractivity contribution in [3.63, 3.8) is 0 Å². The fourth-order valence-electron chi connectivity index (χ4n) is 2.54. The summed E-state index contributed by atoms with van der Waals surface area (Å²) in [7, 11) is 0. The number of hydrogen-bond donors (Lipinski definition) is 2. The molecule has 2 N–H and O–H groups in total. The van der Waals surface area contributed by atoms with E-state index in [1.807, 2.05) is 0 Å². The van der Waals surface area contributed by atoms with Crippen LogP contribution in [0.5, 0.6) is 0 Å². The van der Waals surface area contributed by atoms with Crippen LogP contribution in [0.15, 0.2) is 18.2 Å². The number of nitrogens with one attached hydrogen (secondary N) is 1. The summed E-state index contributed by atoms with van der Waals surface area (Å²) in [6, 6.07) is 3.41. The molecule has 1 aliphatic heterocycles. The lowest BCUT2D eigenvalue weighted by molar-refractivity contribution is -0.143. The first kappa shape index (κ1) is 16.5. The molecule has 0 aromatic heterocycles. The number of carbonyl (C=O) groups excluding carboxylic acids is 1. The number of amides is 2. The lowest BCUT2D eigenvalue weighted by Crippen LogP contribution is -2.46. The molecule has 0 bridgehead atoms. The van der Waals surface area contributed by atoms with E-state index in [0.717, 1.165) is 0 Å². The maximum absolute atomic E-state index is 13.0. The zero-order valence-electron chi connectivity index (χ0n) is 12.2. The van der Waals surface area contributed by atoms with Gasteiger partial charge in [-0.2, -0.15) is 0 Å². The van der Waals surface area contributed by atoms with Crippen LogP contribution in [0.1, 0.15) is 31.4 Å². The fourth-order valence-corrected chi connectivity index (χ4v) is 2.87. The van der Waals surface area contributed by atoms with Crippen molar-refractivity contribution in [3.8, 4) is 0 Å². The second-order valence-corrected chi connectivity index (χ2v) is 5.84. The van der Waals surface area contributed by atoms with Crippen molar-refractivity contribution in [3.05, 3.63) is 34.6 Å². The molecule has 0 unspecified atom stereocenters. The second kappa shape index (κ2) is 6.96. The molecule has 1 atom stereocenters. The molecule has 7 heteroatoms. The summed E-state index contributed by atoms with van der Waals surface area (Å²) >= 11 is 5.98. The van der Waals surface area contributed by atoms with Crippen LogP contribution in [0.2, 0.25) is 5.02 Å². The van der Waals surface area contributed by atoms with Crippen LogP contribution in [-0.4, -0.2) is 35.1 Å². The Morgan fingerprint density at radius 1 is 1.41 bits per heavy atom. The maximum Gasteiger partial charge on any atom is 0.317 e. The molecule has 1 aromatic rings. The number of rotatable bonds is 3. The Balaban J connectivity index is 1.93. The van der Waals surface area contributed by atoms with Crippen LogP contribution >= 0.6 is 11.6 Å². The summed E-state index contributed by atoms with van der Waals surface area (Å²) in [4.78, 5) is 24.7. The van der Waals surface area contributed by atoms with Gasteiger partial charge < -0.3 is 15.3 Å². The topological polar surface area (TPSA) is 69.6 Å². The highest BCUT2D eigenvalue weighted by atomic mass is 35.5. The fraction of sp³-hybridized carbons (Fsp3) is 0.467. The Morgan fingerprint density at radius 3 is 2.59 bits per heavy atom. The standard InChI is InChI=1S/C15H18ClFN2O3/c1-9(12-3-2-11(17)8-13(12)16)18-15(22)19-6-4-10(5-7-19)14(20)21/h2-3,8-10H,4-7H2,1H3,(H,18,22)(H,20,21)/t9-/m0/s1. The number of aliphatic carboxylic acids is 1. The Bertz CT molecular complexity index is 574. The minimum Gasteiger partial charge on any atom is -0.481 e. The summed E-state index contributed by atoms with van der Waals surface area (Å²) in [5.74, 6) is -1.62. The molecular weight excluding hydrogens is 311 g/mol. The van der Waals surface area contributed by atoms with Crippen molar-refractivity contribution >= 4 is 23.6 Å². The normalized spacial score (nSPS) is 17.1. The van der Waals surface area contributed by atoms with Gasteiger partial charge in [-0.3, -0.25) is 4.79 Å². The Morgan fingerprint density at radius 2 is 2.05 bits per heavy atom. The summed E-state index contributed by atoms with van der Waals surface area (Å²) in [5, 5.41) is 12.0. The quantitative estimate of drug-likeness (QED) is 0.896. The number of carboxylic acid groups (broad SMARTS) is 1. The molecule has 2 rings (SSSR count). The van der Waals surface area contributed by atoms with E-state index in [-0.39, 0.29) is 23.0 Å². The average molecular weight is 329 g/mol. The van der Waals surface area contributed by atoms with E-state index in [9.17, 15) is 14.0 Å². The summed E-state index contributed by atoms with van der Waals surface area (Å²) < 4.78 is 13.0. The first-order valence-electron chi connectivity index (χ1n) is 7.11. The Labute approximate surface area is 133 Å². The largest absolute Gasteiger partial charge is 0.481 e. The van der Waals surface area contributed by atoms with Crippen LogP contribution in [0.4, 0.5) is 9.18 Å². The van der Waals surface area contributed by atoms with Gasteiger partial charge in [0, 0.05) is 18.1 Å². The van der Waals surface area contributed by atoms with E-state index in [4.69, 9.17) is 16.7 Å². The number of piperidine rings is 1. The van der Waals surface area contributed by atoms with Crippen LogP contribution < -0.4 is 5.32 Å². The van der Waals surface area contributed by atoms with Gasteiger partial charge in [-0.25, -0.2) is 9.18 Å². The minimum atomic E-state index is -0.813. The van der Waals surface area contributed by atoms with Crippen LogP contribution in [0.25, 0.3) is 0 Å². The molecule has 1 heterocycles. The lowest BCUT2D eigenvalue weighted by Gasteiger charge is -2.31. The van der Waals surface area contributed by atoms with Gasteiger partial charge in [-0.05, 0) is 37.5 Å². The van der Waals surface area contributed by atoms with Crippen molar-refractivity contribution in [1.29, 1.82) is 0 Å². The maximum atomic E-state index is 13.0. The monoisotopic (exact) mass is 328 g/mol. The van der Waals surface area contributed by atoms with E-state index in [0.29, 0.717) is 31.5 Å². The molecule has 5 nitrogen and oxygen atoms in total. The van der Waals surface area contributed by atoms with Crippen molar-refractivity contribution in [2.45, 2.75) is 25.8 Å². The van der Waals surface area contributed by atoms with Crippen molar-refractivity contribution in [2.24, 2.45) is 5.92 Å². The molecule has 1 saturated heterocycles. The van der Waals surface area contributed by atoms with E-state index in [1.165, 1.54) is 12.1 Å². The van der Waals surface area contributed by atoms with Gasteiger partial charge in [0.05, 0.1) is 12.0 Å². The van der Waals surface area contributed by atoms with Gasteiger partial charge >= 0.3 is 12.0 Å². The minimum absolute atomic E-state index is 0.261. The molecule has 0 radical (unpaired) electrons. The third kappa shape index (κ3) is 3.88. The van der Waals surface area contributed by atoms with Gasteiger partial charge in [0.2, 0.25) is 0 Å². The molecule has 1 fully saturated rings. The third-order valence-electron chi connectivity index (χ3n) is 3.90. The van der Waals surface area contributed by atoms with Crippen molar-refractivity contribution in [1.82, 2.24) is 10.2 Å². The molecular formula is C15H18ClFN2O3. The van der Waals surface area contributed by atoms with Crippen LogP contribution in [0.3, 0.4) is 0 Å². The summed E-state index contributed by atoms with van der Waals surface area (Å²) in [5.41, 5.74) is 0.636. The highest BCUT2D eigenvalue weighted by Crippen LogP contribution is 2.24. The van der Waals surface area contributed by atoms with Gasteiger partial charge in [0.25, 0.3) is 0 Å². The van der Waals surface area contributed by atoms with E-state index < -0.39 is 11.8 Å². The molecule has 22 heavy (non-hydrogen) atoms. The SMILES string of the molecule is C[C@H](NC(=O)N1CCC(C(=O)O)CC1)c1ccc(F)cc1Cl. The number of hydrogen-bond acceptors (Lipinski definition) is 2. The first-order valence-corrected chi connectivity index (χ1v) is 7.49. The highest BCUT2D eigenvalue weighted by Gasteiger charge is 2.27. The molecule has 1 aliphatic rings. The van der Waals surface area contributed by atoms with Gasteiger partial charge in [-0.15, -0.1) is 0 Å². The van der Waals surface area contributed by atoms with Gasteiger partial charge in [-0.1, -0.05) is 17.7 Å². The Kier molecular flexibility index (Phi) is 5.24. The molecule has 0 aliphatic carbocycles. The molecule has 0 saturated carbocycles. The number of carbonyl (C=O) groups is 2. The van der Waals surface area contributed by atoms with Gasteiger partial charge in [0.15, 0.2) is 0 Å². The zero-order chi connectivity index (χ0) is 16.3. The van der Waals surface area contributed by atoms with Crippen LogP contribution in [0, 0.1) is 11.7 Å². The Hall–Kier alpha value is -1.82. The van der Waals surface area contributed by atoms with E-state index in [2.05, 4.69) is 5.32 Å². The summed E-state index contributed by atoms with van der Waals surface area (Å²) in [6.45, 7) is 2.58. The number of benzene rings is 1. The van der Waals surface area contributed by atoms with E-state index in [1.54, 1.807) is 17.9 Å². The molecule has 2 amide bonds. The third-order valence-corrected chi connectivity index (χ3v) is 4.23. The van der Waals surface area contributed by atoms with Gasteiger partial charge in [0.1, 0.15) is 5.82 Å². The predicted molar refractivity (Wildman–Crippen MR) is 80.3 cm³/mol. The zero-order valence-corrected chi connectivity index (χ0v) is 12.9. The molecule has 120 valence electrons. The lowest BCUT2D eigenvalue weighted by atomic mass is 9.97. The predicted octanol–water partition coefficient (Wildman–Crippen LogP) is 3.05. The smallest absolute Gasteiger partial charge is 0.317 e. The highest BCUT2D eigenvalue weighted by molar-refractivity contribution is 6.31. The number of urea groups is 1.